The second-order valence-electron chi connectivity index (χ2n) is 4.14. The zero-order valence-electron chi connectivity index (χ0n) is 10.6. The minimum Gasteiger partial charge on any atom is -0.381 e. The summed E-state index contributed by atoms with van der Waals surface area (Å²) in [6.07, 6.45) is 7.87. The summed E-state index contributed by atoms with van der Waals surface area (Å²) in [7, 11) is 0. The summed E-state index contributed by atoms with van der Waals surface area (Å²) in [5.74, 6) is 1.80. The Kier molecular flexibility index (Phi) is 4.11. The summed E-state index contributed by atoms with van der Waals surface area (Å²) in [5.41, 5.74) is 0.128. The first-order valence-corrected chi connectivity index (χ1v) is 6.04. The van der Waals surface area contributed by atoms with Crippen LogP contribution in [0.15, 0.2) is 24.4 Å². The number of hydrogen-bond acceptors (Lipinski definition) is 4. The fourth-order valence-corrected chi connectivity index (χ4v) is 1.92. The minimum absolute atomic E-state index is 0.170. The second kappa shape index (κ2) is 5.97. The van der Waals surface area contributed by atoms with Crippen molar-refractivity contribution in [2.45, 2.75) is 12.8 Å². The molecule has 0 aliphatic heterocycles. The summed E-state index contributed by atoms with van der Waals surface area (Å²) < 4.78 is 14.0. The van der Waals surface area contributed by atoms with Gasteiger partial charge in [-0.15, -0.1) is 12.3 Å². The number of aromatic nitrogens is 1. The number of terminal acetylenes is 1. The molecule has 1 aromatic carbocycles. The van der Waals surface area contributed by atoms with Gasteiger partial charge in [-0.25, -0.2) is 4.39 Å². The van der Waals surface area contributed by atoms with Gasteiger partial charge < -0.3 is 5.32 Å². The molecule has 0 amide bonds. The summed E-state index contributed by atoms with van der Waals surface area (Å²) in [5, 5.41) is 14.2. The van der Waals surface area contributed by atoms with E-state index >= 15 is 0 Å². The highest BCUT2D eigenvalue weighted by molar-refractivity contribution is 5.97. The second-order valence-corrected chi connectivity index (χ2v) is 4.14. The molecule has 102 valence electrons. The number of fused-ring (bicyclic) bond motifs is 1. The maximum absolute atomic E-state index is 14.0. The van der Waals surface area contributed by atoms with Crippen molar-refractivity contribution >= 4 is 22.3 Å². The molecule has 0 aliphatic rings. The lowest BCUT2D eigenvalue weighted by Crippen LogP contribution is -2.05. The predicted molar refractivity (Wildman–Crippen MR) is 74.9 cm³/mol. The summed E-state index contributed by atoms with van der Waals surface area (Å²) >= 11 is 0. The van der Waals surface area contributed by atoms with E-state index in [1.54, 1.807) is 12.1 Å². The van der Waals surface area contributed by atoms with Gasteiger partial charge >= 0.3 is 0 Å². The number of nitrogens with zero attached hydrogens (tertiary/aromatic N) is 2. The van der Waals surface area contributed by atoms with Gasteiger partial charge in [-0.3, -0.25) is 15.1 Å². The Hall–Kier alpha value is -2.68. The molecule has 0 saturated carbocycles. The van der Waals surface area contributed by atoms with E-state index in [0.717, 1.165) is 6.07 Å². The van der Waals surface area contributed by atoms with Crippen molar-refractivity contribution in [3.8, 4) is 12.3 Å². The van der Waals surface area contributed by atoms with Crippen LogP contribution in [0.3, 0.4) is 0 Å². The Bertz CT molecular complexity index is 695. The lowest BCUT2D eigenvalue weighted by atomic mass is 10.1. The lowest BCUT2D eigenvalue weighted by Gasteiger charge is -2.10. The number of rotatable bonds is 5. The van der Waals surface area contributed by atoms with Gasteiger partial charge in [0, 0.05) is 19.2 Å². The van der Waals surface area contributed by atoms with E-state index in [2.05, 4.69) is 16.2 Å². The van der Waals surface area contributed by atoms with E-state index in [1.807, 2.05) is 0 Å². The fourth-order valence-electron chi connectivity index (χ4n) is 1.92. The van der Waals surface area contributed by atoms with Crippen molar-refractivity contribution in [2.75, 3.05) is 11.9 Å². The molecule has 1 N–H and O–H groups in total. The molecule has 2 rings (SSSR count). The molecule has 1 aromatic heterocycles. The molecule has 20 heavy (non-hydrogen) atoms. The van der Waals surface area contributed by atoms with E-state index in [0.29, 0.717) is 24.8 Å². The van der Waals surface area contributed by atoms with Gasteiger partial charge in [0.1, 0.15) is 5.52 Å². The van der Waals surface area contributed by atoms with Crippen LogP contribution in [-0.2, 0) is 0 Å². The maximum Gasteiger partial charge on any atom is 0.281 e. The third kappa shape index (κ3) is 2.67. The molecule has 0 aliphatic carbocycles. The number of hydrogen-bond donors (Lipinski definition) is 1. The third-order valence-electron chi connectivity index (χ3n) is 2.82. The SMILES string of the molecule is C#CCCCNc1c(F)cc([N+](=O)[O-])c2cccnc12. The molecular weight excluding hydrogens is 261 g/mol. The van der Waals surface area contributed by atoms with E-state index in [1.165, 1.54) is 6.20 Å². The van der Waals surface area contributed by atoms with Crippen LogP contribution in [0, 0.1) is 28.3 Å². The molecule has 0 radical (unpaired) electrons. The predicted octanol–water partition coefficient (Wildman–Crippen LogP) is 3.11. The number of unbranched alkanes of at least 4 members (excludes halogenated alkanes) is 1. The smallest absolute Gasteiger partial charge is 0.281 e. The highest BCUT2D eigenvalue weighted by atomic mass is 19.1. The van der Waals surface area contributed by atoms with Crippen molar-refractivity contribution < 1.29 is 9.31 Å². The first-order chi connectivity index (χ1) is 9.65. The van der Waals surface area contributed by atoms with Gasteiger partial charge in [0.05, 0.1) is 22.1 Å². The fraction of sp³-hybridized carbons (Fsp3) is 0.214. The van der Waals surface area contributed by atoms with Crippen molar-refractivity contribution in [3.63, 3.8) is 0 Å². The van der Waals surface area contributed by atoms with Crippen LogP contribution in [-0.4, -0.2) is 16.5 Å². The number of halogens is 1. The zero-order chi connectivity index (χ0) is 14.5. The maximum atomic E-state index is 14.0. The Morgan fingerprint density at radius 3 is 3.05 bits per heavy atom. The lowest BCUT2D eigenvalue weighted by molar-refractivity contribution is -0.383. The molecule has 0 unspecified atom stereocenters. The molecule has 5 nitrogen and oxygen atoms in total. The molecule has 0 saturated heterocycles. The van der Waals surface area contributed by atoms with E-state index < -0.39 is 10.7 Å². The van der Waals surface area contributed by atoms with E-state index in [-0.39, 0.29) is 16.9 Å². The molecule has 0 atom stereocenters. The Labute approximate surface area is 115 Å². The highest BCUT2D eigenvalue weighted by Gasteiger charge is 2.19. The number of pyridine rings is 1. The molecule has 0 bridgehead atoms. The highest BCUT2D eigenvalue weighted by Crippen LogP contribution is 2.32. The Balaban J connectivity index is 2.45. The zero-order valence-corrected chi connectivity index (χ0v) is 10.6. The Morgan fingerprint density at radius 2 is 2.35 bits per heavy atom. The summed E-state index contributed by atoms with van der Waals surface area (Å²) in [4.78, 5) is 14.4. The van der Waals surface area contributed by atoms with Crippen LogP contribution < -0.4 is 5.32 Å². The molecule has 0 spiro atoms. The standard InChI is InChI=1S/C14H12FN3O2/c1-2-3-4-7-17-14-11(15)9-12(18(19)20)10-6-5-8-16-13(10)14/h1,5-6,8-9,17H,3-4,7H2. The number of nitro benzene ring substituents is 1. The van der Waals surface area contributed by atoms with Gasteiger partial charge in [-0.05, 0) is 18.6 Å². The molecular formula is C14H12FN3O2. The third-order valence-corrected chi connectivity index (χ3v) is 2.82. The molecule has 0 fully saturated rings. The van der Waals surface area contributed by atoms with Gasteiger partial charge in [0.25, 0.3) is 5.69 Å². The van der Waals surface area contributed by atoms with Gasteiger partial charge in [0.2, 0.25) is 0 Å². The topological polar surface area (TPSA) is 68.1 Å². The minimum atomic E-state index is -0.691. The Morgan fingerprint density at radius 1 is 1.55 bits per heavy atom. The van der Waals surface area contributed by atoms with Crippen molar-refractivity contribution in [3.05, 3.63) is 40.3 Å². The summed E-state index contributed by atoms with van der Waals surface area (Å²) in [6.45, 7) is 0.477. The number of benzene rings is 1. The van der Waals surface area contributed by atoms with Gasteiger partial charge in [-0.2, -0.15) is 0 Å². The van der Waals surface area contributed by atoms with Crippen LogP contribution in [0.25, 0.3) is 10.9 Å². The van der Waals surface area contributed by atoms with Crippen molar-refractivity contribution in [1.82, 2.24) is 4.98 Å². The molecule has 6 heteroatoms. The van der Waals surface area contributed by atoms with Crippen molar-refractivity contribution in [1.29, 1.82) is 0 Å². The number of anilines is 1. The van der Waals surface area contributed by atoms with Crippen LogP contribution in [0.5, 0.6) is 0 Å². The number of non-ortho nitro benzene ring substituents is 1. The van der Waals surface area contributed by atoms with E-state index in [4.69, 9.17) is 6.42 Å². The first kappa shape index (κ1) is 13.7. The number of nitrogens with one attached hydrogen (secondary N) is 1. The van der Waals surface area contributed by atoms with E-state index in [9.17, 15) is 14.5 Å². The van der Waals surface area contributed by atoms with Crippen LogP contribution >= 0.6 is 0 Å². The normalized spacial score (nSPS) is 10.2. The van der Waals surface area contributed by atoms with Crippen LogP contribution in [0.4, 0.5) is 15.8 Å². The number of nitro groups is 1. The summed E-state index contributed by atoms with van der Waals surface area (Å²) in [6, 6.07) is 4.04. The van der Waals surface area contributed by atoms with Gasteiger partial charge in [-0.1, -0.05) is 0 Å². The molecule has 2 aromatic rings. The largest absolute Gasteiger partial charge is 0.381 e. The molecule has 1 heterocycles. The average molecular weight is 273 g/mol. The quantitative estimate of drug-likeness (QED) is 0.393. The monoisotopic (exact) mass is 273 g/mol. The van der Waals surface area contributed by atoms with Crippen LogP contribution in [0.1, 0.15) is 12.8 Å². The average Bonchev–Trinajstić information content (AvgIpc) is 2.44. The van der Waals surface area contributed by atoms with Crippen molar-refractivity contribution in [2.24, 2.45) is 0 Å². The van der Waals surface area contributed by atoms with Gasteiger partial charge in [0.15, 0.2) is 5.82 Å². The van der Waals surface area contributed by atoms with Crippen LogP contribution in [0.2, 0.25) is 0 Å². The first-order valence-electron chi connectivity index (χ1n) is 6.04.